The zero-order chi connectivity index (χ0) is 15.4. The van der Waals surface area contributed by atoms with Crippen LogP contribution in [0.15, 0.2) is 6.07 Å². The summed E-state index contributed by atoms with van der Waals surface area (Å²) in [7, 11) is 1.42. The monoisotopic (exact) mass is 309 g/mol. The molecule has 1 fully saturated rings. The van der Waals surface area contributed by atoms with Crippen LogP contribution in [0.5, 0.6) is 0 Å². The Labute approximate surface area is 130 Å². The van der Waals surface area contributed by atoms with Crippen molar-refractivity contribution in [1.82, 2.24) is 4.90 Å². The van der Waals surface area contributed by atoms with E-state index in [-0.39, 0.29) is 17.8 Å². The molecule has 0 radical (unpaired) electrons. The lowest BCUT2D eigenvalue weighted by atomic mass is 9.97. The Morgan fingerprint density at radius 2 is 2.05 bits per heavy atom. The maximum absolute atomic E-state index is 12.5. The Morgan fingerprint density at radius 1 is 1.38 bits per heavy atom. The van der Waals surface area contributed by atoms with E-state index < -0.39 is 0 Å². The Bertz CT molecular complexity index is 516. The van der Waals surface area contributed by atoms with Crippen LogP contribution in [-0.2, 0) is 16.0 Å². The first-order chi connectivity index (χ1) is 10.1. The predicted molar refractivity (Wildman–Crippen MR) is 83.7 cm³/mol. The van der Waals surface area contributed by atoms with Crippen molar-refractivity contribution < 1.29 is 14.3 Å². The fourth-order valence-electron chi connectivity index (χ4n) is 2.78. The lowest BCUT2D eigenvalue weighted by Gasteiger charge is -2.30. The molecule has 0 N–H and O–H groups in total. The summed E-state index contributed by atoms with van der Waals surface area (Å²) in [5, 5.41) is 0. The predicted octanol–water partition coefficient (Wildman–Crippen LogP) is 3.03. The van der Waals surface area contributed by atoms with Crippen molar-refractivity contribution in [3.8, 4) is 0 Å². The van der Waals surface area contributed by atoms with Crippen LogP contribution < -0.4 is 0 Å². The van der Waals surface area contributed by atoms with Crippen molar-refractivity contribution in [2.75, 3.05) is 20.2 Å². The molecule has 2 heterocycles. The third-order valence-electron chi connectivity index (χ3n) is 4.07. The van der Waals surface area contributed by atoms with Crippen molar-refractivity contribution in [3.63, 3.8) is 0 Å². The summed E-state index contributed by atoms with van der Waals surface area (Å²) in [6.07, 6.45) is 3.52. The minimum atomic E-state index is -0.153. The van der Waals surface area contributed by atoms with Crippen LogP contribution >= 0.6 is 11.3 Å². The average Bonchev–Trinajstić information content (AvgIpc) is 2.87. The topological polar surface area (TPSA) is 46.6 Å². The normalized spacial score (nSPS) is 16.0. The Morgan fingerprint density at radius 3 is 2.62 bits per heavy atom. The average molecular weight is 309 g/mol. The molecule has 1 amide bonds. The first kappa shape index (κ1) is 16.0. The molecule has 0 spiro atoms. The minimum absolute atomic E-state index is 0.0558. The third-order valence-corrected chi connectivity index (χ3v) is 5.15. The molecule has 1 aromatic rings. The summed E-state index contributed by atoms with van der Waals surface area (Å²) in [6, 6.07) is 2.04. The lowest BCUT2D eigenvalue weighted by molar-refractivity contribution is -0.146. The Hall–Kier alpha value is -1.36. The second kappa shape index (κ2) is 7.07. The van der Waals surface area contributed by atoms with Gasteiger partial charge in [-0.25, -0.2) is 0 Å². The van der Waals surface area contributed by atoms with Crippen molar-refractivity contribution in [2.45, 2.75) is 39.5 Å². The van der Waals surface area contributed by atoms with Crippen LogP contribution in [0.2, 0.25) is 0 Å². The highest BCUT2D eigenvalue weighted by atomic mass is 32.1. The lowest BCUT2D eigenvalue weighted by Crippen LogP contribution is -2.40. The molecule has 1 aliphatic heterocycles. The fraction of sp³-hybridized carbons (Fsp3) is 0.625. The maximum atomic E-state index is 12.5. The number of carbonyl (C=O) groups is 2. The van der Waals surface area contributed by atoms with Crippen LogP contribution in [0, 0.1) is 12.8 Å². The zero-order valence-corrected chi connectivity index (χ0v) is 13.8. The summed E-state index contributed by atoms with van der Waals surface area (Å²) in [6.45, 7) is 5.50. The van der Waals surface area contributed by atoms with Gasteiger partial charge in [-0.15, -0.1) is 11.3 Å². The highest BCUT2D eigenvalue weighted by Gasteiger charge is 2.29. The number of hydrogen-bond acceptors (Lipinski definition) is 4. The molecule has 4 nitrogen and oxygen atoms in total. The number of likely N-dealkylation sites (tertiary alicyclic amines) is 1. The minimum Gasteiger partial charge on any atom is -0.469 e. The van der Waals surface area contributed by atoms with E-state index in [0.717, 1.165) is 17.7 Å². The quantitative estimate of drug-likeness (QED) is 0.803. The summed E-state index contributed by atoms with van der Waals surface area (Å²) in [4.78, 5) is 28.0. The molecule has 1 aliphatic rings. The van der Waals surface area contributed by atoms with Crippen LogP contribution in [0.1, 0.15) is 46.3 Å². The van der Waals surface area contributed by atoms with E-state index in [1.165, 1.54) is 17.6 Å². The number of piperidine rings is 1. The molecule has 5 heteroatoms. The summed E-state index contributed by atoms with van der Waals surface area (Å²) in [5.74, 6) is -0.104. The number of ether oxygens (including phenoxy) is 1. The van der Waals surface area contributed by atoms with Crippen LogP contribution in [0.25, 0.3) is 0 Å². The van der Waals surface area contributed by atoms with E-state index >= 15 is 0 Å². The van der Waals surface area contributed by atoms with Gasteiger partial charge in [0.25, 0.3) is 5.91 Å². The van der Waals surface area contributed by atoms with Gasteiger partial charge in [0.15, 0.2) is 0 Å². The standard InChI is InChI=1S/C16H23NO3S/c1-4-5-13-10-14(21-11(13)2)15(18)17-8-6-12(7-9-17)16(19)20-3/h10,12H,4-9H2,1-3H3. The molecule has 1 aromatic heterocycles. The van der Waals surface area contributed by atoms with Gasteiger partial charge in [-0.2, -0.15) is 0 Å². The van der Waals surface area contributed by atoms with Crippen LogP contribution in [0.4, 0.5) is 0 Å². The van der Waals surface area contributed by atoms with E-state index in [2.05, 4.69) is 13.8 Å². The van der Waals surface area contributed by atoms with Gasteiger partial charge in [0, 0.05) is 18.0 Å². The molecule has 0 aliphatic carbocycles. The third kappa shape index (κ3) is 3.64. The zero-order valence-electron chi connectivity index (χ0n) is 13.0. The van der Waals surface area contributed by atoms with Crippen molar-refractivity contribution >= 4 is 23.2 Å². The summed E-state index contributed by atoms with van der Waals surface area (Å²) in [5.41, 5.74) is 1.29. The highest BCUT2D eigenvalue weighted by Crippen LogP contribution is 2.26. The molecule has 0 saturated carbocycles. The SMILES string of the molecule is CCCc1cc(C(=O)N2CCC(C(=O)OC)CC2)sc1C. The number of rotatable bonds is 4. The van der Waals surface area contributed by atoms with E-state index in [1.807, 2.05) is 11.0 Å². The number of methoxy groups -OCH3 is 1. The van der Waals surface area contributed by atoms with Crippen molar-refractivity contribution in [1.29, 1.82) is 0 Å². The number of carbonyl (C=O) groups excluding carboxylic acids is 2. The van der Waals surface area contributed by atoms with Gasteiger partial charge in [-0.3, -0.25) is 9.59 Å². The molecule has 1 saturated heterocycles. The van der Waals surface area contributed by atoms with Gasteiger partial charge in [-0.05, 0) is 37.8 Å². The number of thiophene rings is 1. The second-order valence-electron chi connectivity index (χ2n) is 5.53. The van der Waals surface area contributed by atoms with Gasteiger partial charge in [0.1, 0.15) is 0 Å². The molecule has 2 rings (SSSR count). The molecule has 21 heavy (non-hydrogen) atoms. The Kier molecular flexibility index (Phi) is 5.39. The smallest absolute Gasteiger partial charge is 0.308 e. The second-order valence-corrected chi connectivity index (χ2v) is 6.79. The van der Waals surface area contributed by atoms with Crippen LogP contribution in [0.3, 0.4) is 0 Å². The summed E-state index contributed by atoms with van der Waals surface area (Å²) >= 11 is 1.58. The highest BCUT2D eigenvalue weighted by molar-refractivity contribution is 7.14. The molecule has 0 unspecified atom stereocenters. The number of amides is 1. The number of esters is 1. The van der Waals surface area contributed by atoms with Crippen molar-refractivity contribution in [3.05, 3.63) is 21.4 Å². The Balaban J connectivity index is 1.98. The molecular weight excluding hydrogens is 286 g/mol. The molecule has 0 aromatic carbocycles. The molecule has 0 bridgehead atoms. The van der Waals surface area contributed by atoms with Gasteiger partial charge in [-0.1, -0.05) is 13.3 Å². The first-order valence-corrected chi connectivity index (χ1v) is 8.34. The van der Waals surface area contributed by atoms with E-state index in [0.29, 0.717) is 25.9 Å². The van der Waals surface area contributed by atoms with Gasteiger partial charge in [0.2, 0.25) is 0 Å². The van der Waals surface area contributed by atoms with Crippen LogP contribution in [-0.4, -0.2) is 37.0 Å². The largest absolute Gasteiger partial charge is 0.469 e. The van der Waals surface area contributed by atoms with E-state index in [9.17, 15) is 9.59 Å². The van der Waals surface area contributed by atoms with Gasteiger partial charge < -0.3 is 9.64 Å². The molecule has 0 atom stereocenters. The number of aryl methyl sites for hydroxylation is 2. The number of nitrogens with zero attached hydrogens (tertiary/aromatic N) is 1. The molecular formula is C16H23NO3S. The van der Waals surface area contributed by atoms with Crippen molar-refractivity contribution in [2.24, 2.45) is 5.92 Å². The fourth-order valence-corrected chi connectivity index (χ4v) is 3.82. The molecule has 116 valence electrons. The maximum Gasteiger partial charge on any atom is 0.308 e. The number of hydrogen-bond donors (Lipinski definition) is 0. The van der Waals surface area contributed by atoms with Gasteiger partial charge >= 0.3 is 5.97 Å². The van der Waals surface area contributed by atoms with E-state index in [1.54, 1.807) is 11.3 Å². The van der Waals surface area contributed by atoms with E-state index in [4.69, 9.17) is 4.74 Å². The van der Waals surface area contributed by atoms with Gasteiger partial charge in [0.05, 0.1) is 17.9 Å². The first-order valence-electron chi connectivity index (χ1n) is 7.53. The summed E-state index contributed by atoms with van der Waals surface area (Å²) < 4.78 is 4.78.